The lowest BCUT2D eigenvalue weighted by atomic mass is 10.2. The molecule has 17 heavy (non-hydrogen) atoms. The highest BCUT2D eigenvalue weighted by molar-refractivity contribution is 5.95. The Labute approximate surface area is 104 Å². The molecule has 1 aromatic carbocycles. The first-order chi connectivity index (χ1) is 8.00. The van der Waals surface area contributed by atoms with Gasteiger partial charge >= 0.3 is 0 Å². The molecule has 0 spiro atoms. The summed E-state index contributed by atoms with van der Waals surface area (Å²) >= 11 is 0. The Hall–Kier alpha value is -1.55. The molecule has 0 aliphatic heterocycles. The van der Waals surface area contributed by atoms with Crippen molar-refractivity contribution in [1.82, 2.24) is 4.90 Å². The van der Waals surface area contributed by atoms with Crippen LogP contribution in [0, 0.1) is 5.41 Å². The third-order valence-corrected chi connectivity index (χ3v) is 2.72. The first-order valence-corrected chi connectivity index (χ1v) is 5.81. The Bertz CT molecular complexity index is 356. The Balaban J connectivity index is 2.51. The van der Waals surface area contributed by atoms with Gasteiger partial charge in [-0.05, 0) is 51.3 Å². The molecule has 0 saturated carbocycles. The average molecular weight is 234 g/mol. The van der Waals surface area contributed by atoms with Gasteiger partial charge in [-0.25, -0.2) is 0 Å². The van der Waals surface area contributed by atoms with Crippen molar-refractivity contribution in [1.29, 1.82) is 5.41 Å². The number of benzene rings is 1. The van der Waals surface area contributed by atoms with E-state index < -0.39 is 0 Å². The molecule has 0 fully saturated rings. The van der Waals surface area contributed by atoms with Crippen LogP contribution in [-0.2, 0) is 0 Å². The summed E-state index contributed by atoms with van der Waals surface area (Å²) < 4.78 is 0. The Morgan fingerprint density at radius 2 is 1.71 bits per heavy atom. The fraction of sp³-hybridized carbons (Fsp3) is 0.462. The van der Waals surface area contributed by atoms with Crippen LogP contribution in [0.3, 0.4) is 0 Å². The van der Waals surface area contributed by atoms with Crippen molar-refractivity contribution < 1.29 is 0 Å². The van der Waals surface area contributed by atoms with Crippen molar-refractivity contribution in [3.63, 3.8) is 0 Å². The highest BCUT2D eigenvalue weighted by Crippen LogP contribution is 2.13. The number of nitrogens with two attached hydrogens (primary N) is 1. The van der Waals surface area contributed by atoms with Gasteiger partial charge < -0.3 is 15.5 Å². The third-order valence-electron chi connectivity index (χ3n) is 2.72. The molecule has 1 rings (SSSR count). The van der Waals surface area contributed by atoms with Crippen LogP contribution < -0.4 is 10.6 Å². The quantitative estimate of drug-likeness (QED) is 0.577. The van der Waals surface area contributed by atoms with Crippen molar-refractivity contribution >= 4 is 11.5 Å². The summed E-state index contributed by atoms with van der Waals surface area (Å²) in [6.07, 6.45) is 1.14. The van der Waals surface area contributed by atoms with E-state index >= 15 is 0 Å². The number of nitrogen functional groups attached to an aromatic ring is 1. The Kier molecular flexibility index (Phi) is 4.97. The fourth-order valence-electron chi connectivity index (χ4n) is 1.65. The second-order valence-electron chi connectivity index (χ2n) is 4.54. The topological polar surface area (TPSA) is 56.4 Å². The van der Waals surface area contributed by atoms with Gasteiger partial charge in [-0.15, -0.1) is 0 Å². The van der Waals surface area contributed by atoms with Crippen LogP contribution in [0.2, 0.25) is 0 Å². The molecule has 0 amide bonds. The maximum Gasteiger partial charge on any atom is 0.122 e. The van der Waals surface area contributed by atoms with Crippen LogP contribution in [0.4, 0.5) is 5.69 Å². The molecule has 94 valence electrons. The summed E-state index contributed by atoms with van der Waals surface area (Å²) in [4.78, 5) is 4.40. The summed E-state index contributed by atoms with van der Waals surface area (Å²) in [5.74, 6) is 0.117. The molecule has 0 heterocycles. The molecule has 3 N–H and O–H groups in total. The zero-order valence-corrected chi connectivity index (χ0v) is 10.9. The van der Waals surface area contributed by atoms with Crippen LogP contribution >= 0.6 is 0 Å². The summed E-state index contributed by atoms with van der Waals surface area (Å²) in [7, 11) is 6.25. The molecule has 1 aromatic rings. The van der Waals surface area contributed by atoms with E-state index in [2.05, 4.69) is 30.9 Å². The van der Waals surface area contributed by atoms with Crippen LogP contribution in [0.15, 0.2) is 24.3 Å². The highest BCUT2D eigenvalue weighted by atomic mass is 15.1. The molecule has 0 unspecified atom stereocenters. The number of hydrogen-bond acceptors (Lipinski definition) is 3. The molecular formula is C13H22N4. The second kappa shape index (κ2) is 6.25. The van der Waals surface area contributed by atoms with Gasteiger partial charge in [-0.3, -0.25) is 5.41 Å². The van der Waals surface area contributed by atoms with Gasteiger partial charge in [0, 0.05) is 24.8 Å². The molecule has 0 saturated heterocycles. The number of amidine groups is 1. The fourth-order valence-corrected chi connectivity index (χ4v) is 1.65. The predicted molar refractivity (Wildman–Crippen MR) is 73.9 cm³/mol. The molecule has 0 aliphatic carbocycles. The number of nitrogens with one attached hydrogen (secondary N) is 1. The predicted octanol–water partition coefficient (Wildman–Crippen LogP) is 1.36. The highest BCUT2D eigenvalue weighted by Gasteiger charge is 2.02. The summed E-state index contributed by atoms with van der Waals surface area (Å²) in [6, 6.07) is 7.79. The van der Waals surface area contributed by atoms with Crippen molar-refractivity contribution in [3.8, 4) is 0 Å². The van der Waals surface area contributed by atoms with Gasteiger partial charge in [-0.1, -0.05) is 0 Å². The van der Waals surface area contributed by atoms with Gasteiger partial charge in [0.25, 0.3) is 0 Å². The SMILES string of the molecule is CN(C)CCCN(C)c1ccc(C(=N)N)cc1. The van der Waals surface area contributed by atoms with Crippen LogP contribution in [0.25, 0.3) is 0 Å². The lowest BCUT2D eigenvalue weighted by Gasteiger charge is -2.20. The monoisotopic (exact) mass is 234 g/mol. The number of nitrogens with zero attached hydrogens (tertiary/aromatic N) is 2. The van der Waals surface area contributed by atoms with E-state index in [0.29, 0.717) is 0 Å². The molecule has 0 aromatic heterocycles. The van der Waals surface area contributed by atoms with E-state index in [9.17, 15) is 0 Å². The number of rotatable bonds is 6. The van der Waals surface area contributed by atoms with E-state index in [1.165, 1.54) is 0 Å². The van der Waals surface area contributed by atoms with Gasteiger partial charge in [0.15, 0.2) is 0 Å². The van der Waals surface area contributed by atoms with Crippen molar-refractivity contribution in [2.24, 2.45) is 5.73 Å². The van der Waals surface area contributed by atoms with Crippen molar-refractivity contribution in [3.05, 3.63) is 29.8 Å². The van der Waals surface area contributed by atoms with Crippen molar-refractivity contribution in [2.45, 2.75) is 6.42 Å². The van der Waals surface area contributed by atoms with Crippen LogP contribution in [-0.4, -0.2) is 45.0 Å². The van der Waals surface area contributed by atoms with Crippen molar-refractivity contribution in [2.75, 3.05) is 39.1 Å². The normalized spacial score (nSPS) is 10.6. The number of anilines is 1. The first kappa shape index (κ1) is 13.5. The molecular weight excluding hydrogens is 212 g/mol. The van der Waals surface area contributed by atoms with Gasteiger partial charge in [-0.2, -0.15) is 0 Å². The maximum absolute atomic E-state index is 7.33. The second-order valence-corrected chi connectivity index (χ2v) is 4.54. The van der Waals surface area contributed by atoms with E-state index in [1.807, 2.05) is 24.3 Å². The van der Waals surface area contributed by atoms with Crippen LogP contribution in [0.1, 0.15) is 12.0 Å². The molecule has 0 atom stereocenters. The molecule has 0 radical (unpaired) electrons. The standard InChI is InChI=1S/C13H22N4/c1-16(2)9-4-10-17(3)12-7-5-11(6-8-12)13(14)15/h5-8H,4,9-10H2,1-3H3,(H3,14,15). The number of hydrogen-bond donors (Lipinski definition) is 2. The summed E-state index contributed by atoms with van der Waals surface area (Å²) in [5, 5.41) is 7.33. The minimum atomic E-state index is 0.117. The minimum absolute atomic E-state index is 0.117. The Morgan fingerprint density at radius 3 is 2.18 bits per heavy atom. The summed E-state index contributed by atoms with van der Waals surface area (Å²) in [6.45, 7) is 2.12. The molecule has 0 bridgehead atoms. The van der Waals surface area contributed by atoms with Gasteiger partial charge in [0.05, 0.1) is 0 Å². The smallest absolute Gasteiger partial charge is 0.122 e. The third kappa shape index (κ3) is 4.44. The lowest BCUT2D eigenvalue weighted by molar-refractivity contribution is 0.401. The summed E-state index contributed by atoms with van der Waals surface area (Å²) in [5.41, 5.74) is 7.35. The molecule has 4 heteroatoms. The van der Waals surface area contributed by atoms with Gasteiger partial charge in [0.2, 0.25) is 0 Å². The minimum Gasteiger partial charge on any atom is -0.384 e. The zero-order valence-electron chi connectivity index (χ0n) is 10.9. The average Bonchev–Trinajstić information content (AvgIpc) is 2.28. The Morgan fingerprint density at radius 1 is 1.12 bits per heavy atom. The molecule has 0 aliphatic rings. The van der Waals surface area contributed by atoms with E-state index in [4.69, 9.17) is 11.1 Å². The van der Waals surface area contributed by atoms with E-state index in [-0.39, 0.29) is 5.84 Å². The maximum atomic E-state index is 7.33. The largest absolute Gasteiger partial charge is 0.384 e. The first-order valence-electron chi connectivity index (χ1n) is 5.81. The van der Waals surface area contributed by atoms with Gasteiger partial charge in [0.1, 0.15) is 5.84 Å². The van der Waals surface area contributed by atoms with Crippen LogP contribution in [0.5, 0.6) is 0 Å². The van der Waals surface area contributed by atoms with E-state index in [0.717, 1.165) is 30.8 Å². The molecule has 4 nitrogen and oxygen atoms in total. The van der Waals surface area contributed by atoms with E-state index in [1.54, 1.807) is 0 Å². The lowest BCUT2D eigenvalue weighted by Crippen LogP contribution is -2.23. The zero-order chi connectivity index (χ0) is 12.8.